The van der Waals surface area contributed by atoms with Crippen LogP contribution in [-0.2, 0) is 11.2 Å². The van der Waals surface area contributed by atoms with Crippen molar-refractivity contribution in [2.75, 3.05) is 26.7 Å². The Hall–Kier alpha value is -1.26. The maximum atomic E-state index is 12.2. The third-order valence-corrected chi connectivity index (χ3v) is 4.00. The second kappa shape index (κ2) is 8.25. The zero-order valence-electron chi connectivity index (χ0n) is 12.8. The minimum Gasteiger partial charge on any atom is -0.497 e. The Labute approximate surface area is 133 Å². The number of nitrogens with one attached hydrogen (secondary N) is 2. The maximum Gasteiger partial charge on any atom is 0.227 e. The van der Waals surface area contributed by atoms with E-state index in [0.717, 1.165) is 38.1 Å². The van der Waals surface area contributed by atoms with Crippen molar-refractivity contribution >= 4 is 18.3 Å². The molecule has 2 N–H and O–H groups in total. The van der Waals surface area contributed by atoms with Gasteiger partial charge in [0.15, 0.2) is 0 Å². The highest BCUT2D eigenvalue weighted by Crippen LogP contribution is 2.25. The fraction of sp³-hybridized carbons (Fsp3) is 0.562. The van der Waals surface area contributed by atoms with Crippen molar-refractivity contribution in [3.63, 3.8) is 0 Å². The lowest BCUT2D eigenvalue weighted by atomic mass is 9.82. The predicted molar refractivity (Wildman–Crippen MR) is 87.2 cm³/mol. The molecule has 21 heavy (non-hydrogen) atoms. The molecule has 0 aromatic heterocycles. The normalized spacial score (nSPS) is 21.2. The Morgan fingerprint density at radius 3 is 2.67 bits per heavy atom. The molecule has 4 nitrogen and oxygen atoms in total. The largest absolute Gasteiger partial charge is 0.497 e. The van der Waals surface area contributed by atoms with E-state index in [-0.39, 0.29) is 23.7 Å². The Morgan fingerprint density at radius 2 is 2.10 bits per heavy atom. The molecule has 1 aliphatic heterocycles. The highest BCUT2D eigenvalue weighted by Gasteiger charge is 2.34. The van der Waals surface area contributed by atoms with Gasteiger partial charge in [0.25, 0.3) is 0 Å². The van der Waals surface area contributed by atoms with Crippen LogP contribution in [0, 0.1) is 5.41 Å². The van der Waals surface area contributed by atoms with E-state index in [2.05, 4.69) is 10.6 Å². The summed E-state index contributed by atoms with van der Waals surface area (Å²) in [5.74, 6) is 1.02. The van der Waals surface area contributed by atoms with Crippen LogP contribution >= 0.6 is 12.4 Å². The van der Waals surface area contributed by atoms with Crippen LogP contribution < -0.4 is 15.4 Å². The SMILES string of the molecule is COc1ccc(CCNC(=O)C2(C)CCCNC2)cc1.Cl. The average molecular weight is 313 g/mol. The van der Waals surface area contributed by atoms with E-state index >= 15 is 0 Å². The summed E-state index contributed by atoms with van der Waals surface area (Å²) in [6.45, 7) is 4.53. The molecular weight excluding hydrogens is 288 g/mol. The van der Waals surface area contributed by atoms with E-state index in [1.54, 1.807) is 7.11 Å². The number of carbonyl (C=O) groups is 1. The highest BCUT2D eigenvalue weighted by atomic mass is 35.5. The Bertz CT molecular complexity index is 442. The molecule has 1 unspecified atom stereocenters. The van der Waals surface area contributed by atoms with E-state index in [9.17, 15) is 4.79 Å². The summed E-state index contributed by atoms with van der Waals surface area (Å²) in [6.07, 6.45) is 2.88. The quantitative estimate of drug-likeness (QED) is 0.876. The van der Waals surface area contributed by atoms with Gasteiger partial charge in [-0.25, -0.2) is 0 Å². The number of methoxy groups -OCH3 is 1. The van der Waals surface area contributed by atoms with Gasteiger partial charge in [-0.2, -0.15) is 0 Å². The van der Waals surface area contributed by atoms with Gasteiger partial charge in [-0.1, -0.05) is 12.1 Å². The lowest BCUT2D eigenvalue weighted by Crippen LogP contribution is -2.49. The number of rotatable bonds is 5. The fourth-order valence-corrected chi connectivity index (χ4v) is 2.58. The minimum absolute atomic E-state index is 0. The monoisotopic (exact) mass is 312 g/mol. The van der Waals surface area contributed by atoms with Crippen molar-refractivity contribution in [1.29, 1.82) is 0 Å². The predicted octanol–water partition coefficient (Wildman–Crippen LogP) is 2.17. The zero-order valence-corrected chi connectivity index (χ0v) is 13.6. The molecule has 1 heterocycles. The molecule has 0 radical (unpaired) electrons. The van der Waals surface area contributed by atoms with E-state index in [1.807, 2.05) is 31.2 Å². The van der Waals surface area contributed by atoms with Gasteiger partial charge in [0.1, 0.15) is 5.75 Å². The van der Waals surface area contributed by atoms with Crippen molar-refractivity contribution in [3.8, 4) is 5.75 Å². The van der Waals surface area contributed by atoms with Crippen molar-refractivity contribution < 1.29 is 9.53 Å². The van der Waals surface area contributed by atoms with Gasteiger partial charge in [0.05, 0.1) is 12.5 Å². The standard InChI is InChI=1S/C16H24N2O2.ClH/c1-16(9-3-10-17-12-16)15(19)18-11-8-13-4-6-14(20-2)7-5-13;/h4-7,17H,3,8-12H2,1-2H3,(H,18,19);1H. The Kier molecular flexibility index (Phi) is 6.99. The second-order valence-electron chi connectivity index (χ2n) is 5.69. The van der Waals surface area contributed by atoms with Gasteiger partial charge in [-0.05, 0) is 50.4 Å². The first-order valence-electron chi connectivity index (χ1n) is 7.26. The third kappa shape index (κ3) is 4.90. The first kappa shape index (κ1) is 17.8. The number of piperidine rings is 1. The number of ether oxygens (including phenoxy) is 1. The van der Waals surface area contributed by atoms with Crippen LogP contribution in [0.2, 0.25) is 0 Å². The lowest BCUT2D eigenvalue weighted by Gasteiger charge is -2.32. The Balaban J connectivity index is 0.00000220. The van der Waals surface area contributed by atoms with Crippen LogP contribution in [-0.4, -0.2) is 32.7 Å². The van der Waals surface area contributed by atoms with Gasteiger partial charge in [-0.3, -0.25) is 4.79 Å². The summed E-state index contributed by atoms with van der Waals surface area (Å²) in [5.41, 5.74) is 0.955. The summed E-state index contributed by atoms with van der Waals surface area (Å²) >= 11 is 0. The topological polar surface area (TPSA) is 50.4 Å². The van der Waals surface area contributed by atoms with Crippen LogP contribution in [0.3, 0.4) is 0 Å². The molecule has 1 aliphatic rings. The van der Waals surface area contributed by atoms with Gasteiger partial charge in [0, 0.05) is 13.1 Å². The highest BCUT2D eigenvalue weighted by molar-refractivity contribution is 5.85. The molecule has 0 bridgehead atoms. The number of carbonyl (C=O) groups excluding carboxylic acids is 1. The lowest BCUT2D eigenvalue weighted by molar-refractivity contribution is -0.131. The number of hydrogen-bond donors (Lipinski definition) is 2. The molecule has 2 rings (SSSR count). The van der Waals surface area contributed by atoms with Gasteiger partial charge in [0.2, 0.25) is 5.91 Å². The number of halogens is 1. The van der Waals surface area contributed by atoms with Gasteiger partial charge < -0.3 is 15.4 Å². The molecule has 0 saturated carbocycles. The summed E-state index contributed by atoms with van der Waals surface area (Å²) in [7, 11) is 1.66. The fourth-order valence-electron chi connectivity index (χ4n) is 2.58. The average Bonchev–Trinajstić information content (AvgIpc) is 2.48. The Morgan fingerprint density at radius 1 is 1.38 bits per heavy atom. The molecule has 1 aromatic rings. The third-order valence-electron chi connectivity index (χ3n) is 4.00. The smallest absolute Gasteiger partial charge is 0.227 e. The van der Waals surface area contributed by atoms with E-state index < -0.39 is 0 Å². The van der Waals surface area contributed by atoms with E-state index in [0.29, 0.717) is 6.54 Å². The molecule has 0 aliphatic carbocycles. The van der Waals surface area contributed by atoms with Gasteiger partial charge in [-0.15, -0.1) is 12.4 Å². The maximum absolute atomic E-state index is 12.2. The second-order valence-corrected chi connectivity index (χ2v) is 5.69. The molecule has 1 fully saturated rings. The van der Waals surface area contributed by atoms with Crippen molar-refractivity contribution in [1.82, 2.24) is 10.6 Å². The summed E-state index contributed by atoms with van der Waals surface area (Å²) in [4.78, 5) is 12.2. The first-order chi connectivity index (χ1) is 9.64. The molecular formula is C16H25ClN2O2. The molecule has 1 aromatic carbocycles. The first-order valence-corrected chi connectivity index (χ1v) is 7.26. The zero-order chi connectivity index (χ0) is 14.4. The molecule has 5 heteroatoms. The molecule has 1 amide bonds. The van der Waals surface area contributed by atoms with Crippen LogP contribution in [0.25, 0.3) is 0 Å². The van der Waals surface area contributed by atoms with E-state index in [1.165, 1.54) is 5.56 Å². The van der Waals surface area contributed by atoms with Crippen LogP contribution in [0.5, 0.6) is 5.75 Å². The number of hydrogen-bond acceptors (Lipinski definition) is 3. The van der Waals surface area contributed by atoms with Crippen molar-refractivity contribution in [3.05, 3.63) is 29.8 Å². The van der Waals surface area contributed by atoms with E-state index in [4.69, 9.17) is 4.74 Å². The summed E-state index contributed by atoms with van der Waals surface area (Å²) < 4.78 is 5.13. The van der Waals surface area contributed by atoms with Crippen molar-refractivity contribution in [2.45, 2.75) is 26.2 Å². The number of amides is 1. The van der Waals surface area contributed by atoms with Crippen LogP contribution in [0.4, 0.5) is 0 Å². The van der Waals surface area contributed by atoms with Crippen LogP contribution in [0.1, 0.15) is 25.3 Å². The van der Waals surface area contributed by atoms with Gasteiger partial charge >= 0.3 is 0 Å². The van der Waals surface area contributed by atoms with Crippen molar-refractivity contribution in [2.24, 2.45) is 5.41 Å². The van der Waals surface area contributed by atoms with Crippen LogP contribution in [0.15, 0.2) is 24.3 Å². The molecule has 118 valence electrons. The molecule has 1 atom stereocenters. The molecule has 0 spiro atoms. The minimum atomic E-state index is -0.252. The molecule has 1 saturated heterocycles. The number of benzene rings is 1. The summed E-state index contributed by atoms with van der Waals surface area (Å²) in [5, 5.41) is 6.36. The summed E-state index contributed by atoms with van der Waals surface area (Å²) in [6, 6.07) is 7.97.